The van der Waals surface area contributed by atoms with Gasteiger partial charge in [0.2, 0.25) is 0 Å². The molecule has 2 rings (SSSR count). The Morgan fingerprint density at radius 3 is 2.54 bits per heavy atom. The van der Waals surface area contributed by atoms with Crippen molar-refractivity contribution in [2.24, 2.45) is 0 Å². The van der Waals surface area contributed by atoms with Gasteiger partial charge in [-0.3, -0.25) is 9.59 Å². The Morgan fingerprint density at radius 2 is 1.96 bits per heavy atom. The molecule has 156 valence electrons. The molecule has 7 nitrogen and oxygen atoms in total. The number of hydrogen-bond donors (Lipinski definition) is 0. The Labute approximate surface area is 161 Å². The molecule has 0 saturated heterocycles. The molecule has 28 heavy (non-hydrogen) atoms. The highest BCUT2D eigenvalue weighted by molar-refractivity contribution is 6.76. The number of hydrogen-bond acceptors (Lipinski definition) is 5. The van der Waals surface area contributed by atoms with Crippen LogP contribution in [-0.2, 0) is 33.7 Å². The minimum Gasteiger partial charge on any atom is -0.465 e. The third kappa shape index (κ3) is 5.44. The summed E-state index contributed by atoms with van der Waals surface area (Å²) in [4.78, 5) is 24.3. The highest BCUT2D eigenvalue weighted by Crippen LogP contribution is 2.33. The van der Waals surface area contributed by atoms with Crippen LogP contribution in [0.15, 0.2) is 17.1 Å². The van der Waals surface area contributed by atoms with Gasteiger partial charge in [0.05, 0.1) is 23.7 Å². The first-order chi connectivity index (χ1) is 12.9. The van der Waals surface area contributed by atoms with Crippen LogP contribution in [0, 0.1) is 0 Å². The van der Waals surface area contributed by atoms with Crippen LogP contribution in [0.1, 0.15) is 12.6 Å². The van der Waals surface area contributed by atoms with Crippen molar-refractivity contribution in [2.45, 2.75) is 52.1 Å². The molecule has 0 N–H and O–H groups in total. The predicted molar refractivity (Wildman–Crippen MR) is 99.7 cm³/mol. The lowest BCUT2D eigenvalue weighted by atomic mass is 10.3. The summed E-state index contributed by atoms with van der Waals surface area (Å²) in [5, 5.41) is 3.72. The zero-order valence-corrected chi connectivity index (χ0v) is 17.3. The van der Waals surface area contributed by atoms with Gasteiger partial charge in [0, 0.05) is 14.7 Å². The number of halogens is 3. The first kappa shape index (κ1) is 22.1. The zero-order valence-electron chi connectivity index (χ0n) is 16.3. The molecule has 2 heterocycles. The largest absolute Gasteiger partial charge is 0.465 e. The fourth-order valence-electron chi connectivity index (χ4n) is 2.55. The first-order valence-corrected chi connectivity index (χ1v) is 12.5. The molecule has 0 atom stereocenters. The summed E-state index contributed by atoms with van der Waals surface area (Å²) in [5.74, 6) is -0.829. The summed E-state index contributed by atoms with van der Waals surface area (Å²) in [5.41, 5.74) is -1.89. The van der Waals surface area contributed by atoms with Crippen molar-refractivity contribution < 1.29 is 27.4 Å². The molecule has 0 bridgehead atoms. The SMILES string of the molecule is CCOC(=O)Cn1c(C(F)(F)F)cc2c(=O)n(COCC[Si](C)(C)C)ncc21. The maximum Gasteiger partial charge on any atom is 0.431 e. The van der Waals surface area contributed by atoms with Crippen molar-refractivity contribution in [2.75, 3.05) is 13.2 Å². The molecule has 0 radical (unpaired) electrons. The van der Waals surface area contributed by atoms with Crippen LogP contribution in [0.2, 0.25) is 25.7 Å². The smallest absolute Gasteiger partial charge is 0.431 e. The van der Waals surface area contributed by atoms with E-state index < -0.39 is 38.0 Å². The van der Waals surface area contributed by atoms with E-state index in [2.05, 4.69) is 24.7 Å². The van der Waals surface area contributed by atoms with Gasteiger partial charge in [-0.15, -0.1) is 0 Å². The second kappa shape index (κ2) is 8.48. The third-order valence-corrected chi connectivity index (χ3v) is 5.72. The van der Waals surface area contributed by atoms with E-state index in [1.54, 1.807) is 6.92 Å². The molecule has 0 spiro atoms. The van der Waals surface area contributed by atoms with Crippen molar-refractivity contribution in [3.05, 3.63) is 28.3 Å². The molecule has 0 aliphatic carbocycles. The van der Waals surface area contributed by atoms with Crippen LogP contribution in [0.5, 0.6) is 0 Å². The van der Waals surface area contributed by atoms with Crippen LogP contribution in [-0.4, -0.2) is 41.6 Å². The van der Waals surface area contributed by atoms with Crippen molar-refractivity contribution >= 4 is 24.9 Å². The normalized spacial score (nSPS) is 12.5. The number of carbonyl (C=O) groups excluding carboxylic acids is 1. The Balaban J connectivity index is 2.36. The molecule has 2 aromatic heterocycles. The molecule has 0 unspecified atom stereocenters. The van der Waals surface area contributed by atoms with Crippen molar-refractivity contribution in [3.63, 3.8) is 0 Å². The predicted octanol–water partition coefficient (Wildman–Crippen LogP) is 3.09. The van der Waals surface area contributed by atoms with Gasteiger partial charge in [-0.25, -0.2) is 4.68 Å². The van der Waals surface area contributed by atoms with Crippen LogP contribution in [0.4, 0.5) is 13.2 Å². The highest BCUT2D eigenvalue weighted by atomic mass is 28.3. The van der Waals surface area contributed by atoms with E-state index in [1.165, 1.54) is 0 Å². The van der Waals surface area contributed by atoms with Crippen LogP contribution in [0.25, 0.3) is 10.9 Å². The summed E-state index contributed by atoms with van der Waals surface area (Å²) in [6.07, 6.45) is -3.61. The number of esters is 1. The van der Waals surface area contributed by atoms with Gasteiger partial charge in [-0.2, -0.15) is 18.3 Å². The minimum absolute atomic E-state index is 0.0409. The molecule has 11 heteroatoms. The molecule has 0 aliphatic rings. The fraction of sp³-hybridized carbons (Fsp3) is 0.588. The van der Waals surface area contributed by atoms with Gasteiger partial charge in [-0.05, 0) is 19.0 Å². The zero-order chi connectivity index (χ0) is 21.1. The van der Waals surface area contributed by atoms with Gasteiger partial charge in [0.15, 0.2) is 0 Å². The molecule has 0 saturated carbocycles. The number of ether oxygens (including phenoxy) is 2. The minimum atomic E-state index is -4.74. The average molecular weight is 419 g/mol. The second-order valence-corrected chi connectivity index (χ2v) is 13.1. The van der Waals surface area contributed by atoms with Crippen LogP contribution in [0.3, 0.4) is 0 Å². The Kier molecular flexibility index (Phi) is 6.70. The Bertz CT molecular complexity index is 900. The second-order valence-electron chi connectivity index (χ2n) is 7.51. The summed E-state index contributed by atoms with van der Waals surface area (Å²) in [6.45, 7) is 7.76. The quantitative estimate of drug-likeness (QED) is 0.373. The van der Waals surface area contributed by atoms with E-state index in [0.29, 0.717) is 11.2 Å². The molecule has 0 aromatic carbocycles. The van der Waals surface area contributed by atoms with Crippen molar-refractivity contribution in [3.8, 4) is 0 Å². The number of rotatable bonds is 8. The van der Waals surface area contributed by atoms with Gasteiger partial charge in [0.25, 0.3) is 5.56 Å². The summed E-state index contributed by atoms with van der Waals surface area (Å²) < 4.78 is 52.0. The summed E-state index contributed by atoms with van der Waals surface area (Å²) >= 11 is 0. The maximum absolute atomic E-state index is 13.4. The van der Waals surface area contributed by atoms with E-state index in [-0.39, 0.29) is 24.2 Å². The van der Waals surface area contributed by atoms with Crippen molar-refractivity contribution in [1.82, 2.24) is 14.3 Å². The Hall–Kier alpha value is -2.14. The molecular weight excluding hydrogens is 395 g/mol. The maximum atomic E-state index is 13.4. The van der Waals surface area contributed by atoms with Crippen LogP contribution < -0.4 is 5.56 Å². The Morgan fingerprint density at radius 1 is 1.29 bits per heavy atom. The lowest BCUT2D eigenvalue weighted by molar-refractivity contribution is -0.148. The van der Waals surface area contributed by atoms with E-state index in [9.17, 15) is 22.8 Å². The first-order valence-electron chi connectivity index (χ1n) is 8.84. The lowest BCUT2D eigenvalue weighted by Gasteiger charge is -2.15. The topological polar surface area (TPSA) is 75.3 Å². The van der Waals surface area contributed by atoms with E-state index >= 15 is 0 Å². The van der Waals surface area contributed by atoms with Crippen molar-refractivity contribution in [1.29, 1.82) is 0 Å². The molecule has 0 aliphatic heterocycles. The van der Waals surface area contributed by atoms with E-state index in [1.807, 2.05) is 0 Å². The standard InChI is InChI=1S/C17H24F3N3O4Si/c1-5-27-15(24)10-22-13-9-21-23(11-26-6-7-28(2,3)4)16(25)12(13)8-14(22)17(18,19)20/h8-9H,5-7,10-11H2,1-4H3. The molecule has 0 fully saturated rings. The van der Waals surface area contributed by atoms with E-state index in [0.717, 1.165) is 23.0 Å². The average Bonchev–Trinajstić information content (AvgIpc) is 2.92. The lowest BCUT2D eigenvalue weighted by Crippen LogP contribution is -2.26. The monoisotopic (exact) mass is 419 g/mol. The molecular formula is C17H24F3N3O4Si. The number of nitrogens with zero attached hydrogens (tertiary/aromatic N) is 3. The van der Waals surface area contributed by atoms with Gasteiger partial charge in [0.1, 0.15) is 19.0 Å². The van der Waals surface area contributed by atoms with Gasteiger partial charge >= 0.3 is 12.1 Å². The van der Waals surface area contributed by atoms with E-state index in [4.69, 9.17) is 9.47 Å². The number of alkyl halides is 3. The highest BCUT2D eigenvalue weighted by Gasteiger charge is 2.36. The molecule has 2 aromatic rings. The van der Waals surface area contributed by atoms with Gasteiger partial charge < -0.3 is 14.0 Å². The summed E-state index contributed by atoms with van der Waals surface area (Å²) in [7, 11) is -1.31. The number of carbonyl (C=O) groups is 1. The molecule has 0 amide bonds. The summed E-state index contributed by atoms with van der Waals surface area (Å²) in [6, 6.07) is 1.62. The number of fused-ring (bicyclic) bond motifs is 1. The number of aromatic nitrogens is 3. The van der Waals surface area contributed by atoms with Crippen LogP contribution >= 0.6 is 0 Å². The van der Waals surface area contributed by atoms with Gasteiger partial charge in [-0.1, -0.05) is 19.6 Å². The third-order valence-electron chi connectivity index (χ3n) is 4.02. The fourth-order valence-corrected chi connectivity index (χ4v) is 3.31.